The average Bonchev–Trinajstić information content (AvgIpc) is 2.70. The Hall–Kier alpha value is -1.60. The zero-order valence-electron chi connectivity index (χ0n) is 16.6. The van der Waals surface area contributed by atoms with Gasteiger partial charge in [-0.3, -0.25) is 4.79 Å². The fourth-order valence-electron chi connectivity index (χ4n) is 2.82. The summed E-state index contributed by atoms with van der Waals surface area (Å²) in [5.74, 6) is -2.06. The Morgan fingerprint density at radius 2 is 1.68 bits per heavy atom. The average molecular weight is 509 g/mol. The lowest BCUT2D eigenvalue weighted by molar-refractivity contribution is -0.139. The zero-order valence-corrected chi connectivity index (χ0v) is 19.7. The standard InChI is InChI=1S/C22H19Cl3F3NOS/c1-3-20(31)29(2)12-19(30)14-7-4-13(5-8-14)6-9-16(22(26,27)28)15-10-17(23)21(25)18(24)11-15/h4-11,16H,3,12H2,1-2H3/b9-6+. The number of hydrogen-bond acceptors (Lipinski definition) is 2. The molecule has 0 aliphatic rings. The maximum absolute atomic E-state index is 13.6. The van der Waals surface area contributed by atoms with Crippen LogP contribution in [0.5, 0.6) is 0 Å². The monoisotopic (exact) mass is 507 g/mol. The number of benzene rings is 2. The van der Waals surface area contributed by atoms with Crippen LogP contribution in [0.25, 0.3) is 6.08 Å². The summed E-state index contributed by atoms with van der Waals surface area (Å²) in [4.78, 5) is 14.7. The smallest absolute Gasteiger partial charge is 0.362 e. The Labute approximate surface area is 199 Å². The van der Waals surface area contributed by atoms with Gasteiger partial charge in [0.1, 0.15) is 0 Å². The number of carbonyl (C=O) groups is 1. The molecular weight excluding hydrogens is 490 g/mol. The summed E-state index contributed by atoms with van der Waals surface area (Å²) in [6, 6.07) is 8.61. The van der Waals surface area contributed by atoms with E-state index in [1.165, 1.54) is 6.08 Å². The van der Waals surface area contributed by atoms with Gasteiger partial charge >= 0.3 is 6.18 Å². The number of carbonyl (C=O) groups excluding carboxylic acids is 1. The first-order chi connectivity index (χ1) is 14.4. The van der Waals surface area contributed by atoms with E-state index in [0.29, 0.717) is 22.5 Å². The predicted octanol–water partition coefficient (Wildman–Crippen LogP) is 7.86. The molecule has 0 fully saturated rings. The molecule has 2 aromatic carbocycles. The van der Waals surface area contributed by atoms with Crippen LogP contribution in [0.4, 0.5) is 13.2 Å². The predicted molar refractivity (Wildman–Crippen MR) is 126 cm³/mol. The number of Topliss-reactive ketones (excluding diaryl/α,β-unsaturated/α-hetero) is 1. The molecule has 0 saturated carbocycles. The molecule has 2 aromatic rings. The molecule has 1 atom stereocenters. The third-order valence-electron chi connectivity index (χ3n) is 4.54. The number of alkyl halides is 3. The second-order valence-electron chi connectivity index (χ2n) is 6.83. The summed E-state index contributed by atoms with van der Waals surface area (Å²) in [5.41, 5.74) is 0.839. The van der Waals surface area contributed by atoms with Gasteiger partial charge in [-0.25, -0.2) is 0 Å². The highest BCUT2D eigenvalue weighted by molar-refractivity contribution is 7.80. The first-order valence-corrected chi connectivity index (χ1v) is 10.7. The van der Waals surface area contributed by atoms with Crippen molar-refractivity contribution in [3.8, 4) is 0 Å². The van der Waals surface area contributed by atoms with Gasteiger partial charge in [-0.15, -0.1) is 0 Å². The van der Waals surface area contributed by atoms with Crippen LogP contribution in [-0.2, 0) is 0 Å². The molecule has 0 aliphatic heterocycles. The number of thiocarbonyl (C=S) groups is 1. The van der Waals surface area contributed by atoms with Crippen LogP contribution < -0.4 is 0 Å². The third kappa shape index (κ3) is 6.94. The van der Waals surface area contributed by atoms with Crippen LogP contribution >= 0.6 is 47.0 Å². The van der Waals surface area contributed by atoms with E-state index >= 15 is 0 Å². The van der Waals surface area contributed by atoms with Crippen molar-refractivity contribution in [1.82, 2.24) is 4.90 Å². The Kier molecular flexibility index (Phi) is 8.95. The SMILES string of the molecule is CCC(=S)N(C)CC(=O)c1ccc(/C=C/C(c2cc(Cl)c(Cl)c(Cl)c2)C(F)(F)F)cc1. The topological polar surface area (TPSA) is 20.3 Å². The van der Waals surface area contributed by atoms with Crippen molar-refractivity contribution in [1.29, 1.82) is 0 Å². The Balaban J connectivity index is 2.22. The zero-order chi connectivity index (χ0) is 23.3. The van der Waals surface area contributed by atoms with Gasteiger partial charge in [0.15, 0.2) is 5.78 Å². The number of halogens is 6. The number of ketones is 1. The quantitative estimate of drug-likeness (QED) is 0.216. The molecular formula is C22H19Cl3F3NOS. The van der Waals surface area contributed by atoms with Crippen LogP contribution in [0, 0.1) is 0 Å². The normalized spacial score (nSPS) is 12.8. The maximum Gasteiger partial charge on any atom is 0.399 e. The second-order valence-corrected chi connectivity index (χ2v) is 8.49. The number of allylic oxidation sites excluding steroid dienone is 1. The molecule has 0 N–H and O–H groups in total. The molecule has 0 radical (unpaired) electrons. The molecule has 2 nitrogen and oxygen atoms in total. The summed E-state index contributed by atoms with van der Waals surface area (Å²) in [7, 11) is 1.74. The molecule has 166 valence electrons. The molecule has 0 aromatic heterocycles. The first kappa shape index (κ1) is 25.7. The van der Waals surface area contributed by atoms with Crippen LogP contribution in [0.1, 0.15) is 40.7 Å². The summed E-state index contributed by atoms with van der Waals surface area (Å²) in [5, 5.41) is -0.105. The highest BCUT2D eigenvalue weighted by atomic mass is 35.5. The van der Waals surface area contributed by atoms with E-state index < -0.39 is 12.1 Å². The highest BCUT2D eigenvalue weighted by Crippen LogP contribution is 2.41. The van der Waals surface area contributed by atoms with Gasteiger partial charge in [-0.1, -0.05) is 90.4 Å². The van der Waals surface area contributed by atoms with Gasteiger partial charge in [0.2, 0.25) is 0 Å². The van der Waals surface area contributed by atoms with E-state index in [1.54, 1.807) is 36.2 Å². The summed E-state index contributed by atoms with van der Waals surface area (Å²) >= 11 is 22.8. The van der Waals surface area contributed by atoms with E-state index in [1.807, 2.05) is 6.92 Å². The van der Waals surface area contributed by atoms with E-state index in [2.05, 4.69) is 0 Å². The van der Waals surface area contributed by atoms with Crippen LogP contribution in [0.3, 0.4) is 0 Å². The van der Waals surface area contributed by atoms with Crippen molar-refractivity contribution < 1.29 is 18.0 Å². The summed E-state index contributed by atoms with van der Waals surface area (Å²) < 4.78 is 40.9. The van der Waals surface area contributed by atoms with Gasteiger partial charge in [-0.05, 0) is 29.7 Å². The van der Waals surface area contributed by atoms with E-state index in [4.69, 9.17) is 47.0 Å². The molecule has 2 rings (SSSR count). The highest BCUT2D eigenvalue weighted by Gasteiger charge is 2.39. The van der Waals surface area contributed by atoms with Gasteiger partial charge in [-0.2, -0.15) is 13.2 Å². The van der Waals surface area contributed by atoms with Crippen molar-refractivity contribution in [3.05, 3.63) is 74.2 Å². The first-order valence-electron chi connectivity index (χ1n) is 9.20. The molecule has 0 amide bonds. The fourth-order valence-corrected chi connectivity index (χ4v) is 3.49. The van der Waals surface area contributed by atoms with E-state index in [0.717, 1.165) is 18.2 Å². The Morgan fingerprint density at radius 3 is 2.16 bits per heavy atom. The number of nitrogens with zero attached hydrogens (tertiary/aromatic N) is 1. The van der Waals surface area contributed by atoms with Crippen molar-refractivity contribution in [2.45, 2.75) is 25.4 Å². The van der Waals surface area contributed by atoms with Gasteiger partial charge in [0.05, 0.1) is 32.5 Å². The minimum Gasteiger partial charge on any atom is -0.362 e. The molecule has 1 unspecified atom stereocenters. The summed E-state index contributed by atoms with van der Waals surface area (Å²) in [6.07, 6.45) is -1.55. The largest absolute Gasteiger partial charge is 0.399 e. The van der Waals surface area contributed by atoms with Crippen molar-refractivity contribution in [2.75, 3.05) is 13.6 Å². The van der Waals surface area contributed by atoms with Gasteiger partial charge in [0.25, 0.3) is 0 Å². The second kappa shape index (κ2) is 10.8. The van der Waals surface area contributed by atoms with Crippen LogP contribution in [-0.4, -0.2) is 35.4 Å². The van der Waals surface area contributed by atoms with Crippen LogP contribution in [0.2, 0.25) is 15.1 Å². The molecule has 0 heterocycles. The molecule has 9 heteroatoms. The lowest BCUT2D eigenvalue weighted by Gasteiger charge is -2.18. The van der Waals surface area contributed by atoms with Gasteiger partial charge < -0.3 is 4.90 Å². The Bertz CT molecular complexity index is 967. The lowest BCUT2D eigenvalue weighted by Crippen LogP contribution is -2.30. The molecule has 0 bridgehead atoms. The number of likely N-dealkylation sites (N-methyl/N-ethyl adjacent to an activating group) is 1. The third-order valence-corrected chi connectivity index (χ3v) is 6.34. The van der Waals surface area contributed by atoms with Gasteiger partial charge in [0, 0.05) is 12.6 Å². The Morgan fingerprint density at radius 1 is 1.13 bits per heavy atom. The van der Waals surface area contributed by atoms with Crippen LogP contribution in [0.15, 0.2) is 42.5 Å². The molecule has 0 aliphatic carbocycles. The van der Waals surface area contributed by atoms with Crippen molar-refractivity contribution in [2.24, 2.45) is 0 Å². The molecule has 31 heavy (non-hydrogen) atoms. The van der Waals surface area contributed by atoms with E-state index in [-0.39, 0.29) is 33.0 Å². The number of hydrogen-bond donors (Lipinski definition) is 0. The molecule has 0 spiro atoms. The lowest BCUT2D eigenvalue weighted by atomic mass is 9.97. The minimum absolute atomic E-state index is 0.00240. The fraction of sp³-hybridized carbons (Fsp3) is 0.273. The maximum atomic E-state index is 13.6. The summed E-state index contributed by atoms with van der Waals surface area (Å²) in [6.45, 7) is 2.04. The minimum atomic E-state index is -4.56. The molecule has 0 saturated heterocycles. The van der Waals surface area contributed by atoms with Crippen molar-refractivity contribution in [3.63, 3.8) is 0 Å². The number of rotatable bonds is 7. The van der Waals surface area contributed by atoms with E-state index in [9.17, 15) is 18.0 Å². The van der Waals surface area contributed by atoms with Crippen molar-refractivity contribution >= 4 is 63.9 Å².